The van der Waals surface area contributed by atoms with Crippen LogP contribution in [-0.4, -0.2) is 15.3 Å². The summed E-state index contributed by atoms with van der Waals surface area (Å²) < 4.78 is 6.66. The smallest absolute Gasteiger partial charge is 0.349 e. The highest BCUT2D eigenvalue weighted by molar-refractivity contribution is 6.04. The Balaban J connectivity index is 1.68. The molecular formula is C19H17N3O4. The number of amides is 1. The second-order valence-electron chi connectivity index (χ2n) is 6.48. The Hall–Kier alpha value is -3.22. The first-order valence-corrected chi connectivity index (χ1v) is 8.47. The number of nitrogens with one attached hydrogen (secondary N) is 1. The van der Waals surface area contributed by atoms with Crippen LogP contribution in [0.1, 0.15) is 46.9 Å². The molecule has 0 unspecified atom stereocenters. The molecule has 1 fully saturated rings. The van der Waals surface area contributed by atoms with Crippen LogP contribution in [0.5, 0.6) is 0 Å². The standard InChI is InChI=1S/C19H17N3O4/c1-11-9-14(12-5-4-6-12)26-19(25)16(11)17(23)21-13-10-20-15-7-2-3-8-22(15)18(13)24/h2-3,7-10,12H,4-6H2,1H3,(H,21,23). The number of aryl methyl sites for hydroxylation is 1. The van der Waals surface area contributed by atoms with E-state index in [-0.39, 0.29) is 17.2 Å². The Bertz CT molecular complexity index is 1130. The average Bonchev–Trinajstić information content (AvgIpc) is 2.55. The zero-order valence-corrected chi connectivity index (χ0v) is 14.2. The zero-order valence-electron chi connectivity index (χ0n) is 14.2. The molecule has 1 amide bonds. The van der Waals surface area contributed by atoms with Crippen molar-refractivity contribution in [2.45, 2.75) is 32.1 Å². The highest BCUT2D eigenvalue weighted by atomic mass is 16.4. The van der Waals surface area contributed by atoms with Crippen LogP contribution in [0.25, 0.3) is 5.65 Å². The summed E-state index contributed by atoms with van der Waals surface area (Å²) in [5.74, 6) is 0.210. The fourth-order valence-corrected chi connectivity index (χ4v) is 3.10. The van der Waals surface area contributed by atoms with Crippen molar-refractivity contribution in [1.29, 1.82) is 0 Å². The number of carbonyl (C=O) groups excluding carboxylic acids is 1. The second kappa shape index (κ2) is 6.25. The molecule has 26 heavy (non-hydrogen) atoms. The van der Waals surface area contributed by atoms with Gasteiger partial charge in [0.1, 0.15) is 22.7 Å². The van der Waals surface area contributed by atoms with E-state index >= 15 is 0 Å². The Labute approximate surface area is 148 Å². The lowest BCUT2D eigenvalue weighted by Crippen LogP contribution is -2.28. The van der Waals surface area contributed by atoms with E-state index in [9.17, 15) is 14.4 Å². The van der Waals surface area contributed by atoms with Gasteiger partial charge in [0.15, 0.2) is 0 Å². The minimum Gasteiger partial charge on any atom is -0.427 e. The van der Waals surface area contributed by atoms with Crippen molar-refractivity contribution in [2.24, 2.45) is 0 Å². The predicted molar refractivity (Wildman–Crippen MR) is 95.7 cm³/mol. The van der Waals surface area contributed by atoms with Gasteiger partial charge in [0.25, 0.3) is 11.5 Å². The van der Waals surface area contributed by atoms with E-state index in [2.05, 4.69) is 10.3 Å². The van der Waals surface area contributed by atoms with Crippen molar-refractivity contribution >= 4 is 17.2 Å². The number of fused-ring (bicyclic) bond motifs is 1. The Morgan fingerprint density at radius 3 is 2.81 bits per heavy atom. The molecular weight excluding hydrogens is 334 g/mol. The van der Waals surface area contributed by atoms with Crippen molar-refractivity contribution in [3.63, 3.8) is 0 Å². The van der Waals surface area contributed by atoms with Gasteiger partial charge in [0.2, 0.25) is 0 Å². The van der Waals surface area contributed by atoms with Crippen LogP contribution >= 0.6 is 0 Å². The van der Waals surface area contributed by atoms with Crippen molar-refractivity contribution < 1.29 is 9.21 Å². The van der Waals surface area contributed by atoms with Crippen LogP contribution in [0.15, 0.2) is 50.7 Å². The van der Waals surface area contributed by atoms with Gasteiger partial charge in [-0.2, -0.15) is 0 Å². The normalized spacial score (nSPS) is 14.2. The largest absolute Gasteiger partial charge is 0.427 e. The van der Waals surface area contributed by atoms with E-state index < -0.39 is 17.1 Å². The maximum atomic E-state index is 12.6. The first-order valence-electron chi connectivity index (χ1n) is 8.47. The fourth-order valence-electron chi connectivity index (χ4n) is 3.10. The van der Waals surface area contributed by atoms with Crippen LogP contribution in [0, 0.1) is 6.92 Å². The maximum absolute atomic E-state index is 12.6. The molecule has 4 rings (SSSR count). The van der Waals surface area contributed by atoms with Gasteiger partial charge in [-0.25, -0.2) is 9.78 Å². The molecule has 0 aliphatic heterocycles. The molecule has 1 saturated carbocycles. The van der Waals surface area contributed by atoms with E-state index in [0.29, 0.717) is 17.0 Å². The topological polar surface area (TPSA) is 93.7 Å². The third-order valence-electron chi connectivity index (χ3n) is 4.76. The lowest BCUT2D eigenvalue weighted by Gasteiger charge is -2.24. The van der Waals surface area contributed by atoms with Crippen molar-refractivity contribution in [3.8, 4) is 0 Å². The van der Waals surface area contributed by atoms with E-state index in [1.165, 1.54) is 10.6 Å². The third kappa shape index (κ3) is 2.71. The fraction of sp³-hybridized carbons (Fsp3) is 0.263. The molecule has 3 aromatic rings. The second-order valence-corrected chi connectivity index (χ2v) is 6.48. The van der Waals surface area contributed by atoms with Crippen molar-refractivity contribution in [3.05, 3.63) is 74.3 Å². The summed E-state index contributed by atoms with van der Waals surface area (Å²) in [4.78, 5) is 41.5. The minimum absolute atomic E-state index is 0.000527. The highest BCUT2D eigenvalue weighted by Crippen LogP contribution is 2.36. The molecule has 7 nitrogen and oxygen atoms in total. The molecule has 7 heteroatoms. The van der Waals surface area contributed by atoms with Crippen LogP contribution in [0.3, 0.4) is 0 Å². The number of nitrogens with zero attached hydrogens (tertiary/aromatic N) is 2. The molecule has 0 bridgehead atoms. The summed E-state index contributed by atoms with van der Waals surface area (Å²) in [6.07, 6.45) is 5.96. The first kappa shape index (κ1) is 16.3. The number of hydrogen-bond donors (Lipinski definition) is 1. The molecule has 0 saturated heterocycles. The molecule has 0 spiro atoms. The lowest BCUT2D eigenvalue weighted by atomic mass is 9.83. The molecule has 0 aromatic carbocycles. The summed E-state index contributed by atoms with van der Waals surface area (Å²) >= 11 is 0. The van der Waals surface area contributed by atoms with Crippen molar-refractivity contribution in [2.75, 3.05) is 5.32 Å². The van der Waals surface area contributed by atoms with Gasteiger partial charge in [-0.3, -0.25) is 14.0 Å². The summed E-state index contributed by atoms with van der Waals surface area (Å²) in [6.45, 7) is 1.69. The third-order valence-corrected chi connectivity index (χ3v) is 4.76. The van der Waals surface area contributed by atoms with Crippen LogP contribution in [0.4, 0.5) is 5.69 Å². The van der Waals surface area contributed by atoms with E-state index in [4.69, 9.17) is 4.42 Å². The quantitative estimate of drug-likeness (QED) is 0.782. The number of anilines is 1. The van der Waals surface area contributed by atoms with Gasteiger partial charge in [-0.05, 0) is 43.5 Å². The predicted octanol–water partition coefficient (Wildman–Crippen LogP) is 2.48. The molecule has 3 aromatic heterocycles. The molecule has 3 heterocycles. The molecule has 0 atom stereocenters. The van der Waals surface area contributed by atoms with Crippen LogP contribution in [0.2, 0.25) is 0 Å². The zero-order chi connectivity index (χ0) is 18.3. The lowest BCUT2D eigenvalue weighted by molar-refractivity contribution is 0.102. The highest BCUT2D eigenvalue weighted by Gasteiger charge is 2.25. The summed E-state index contributed by atoms with van der Waals surface area (Å²) in [5, 5.41) is 2.48. The van der Waals surface area contributed by atoms with Crippen LogP contribution < -0.4 is 16.5 Å². The van der Waals surface area contributed by atoms with Gasteiger partial charge < -0.3 is 9.73 Å². The first-order chi connectivity index (χ1) is 12.5. The van der Waals surface area contributed by atoms with Crippen LogP contribution in [-0.2, 0) is 0 Å². The maximum Gasteiger partial charge on any atom is 0.349 e. The SMILES string of the molecule is Cc1cc(C2CCC2)oc(=O)c1C(=O)Nc1cnc2ccccn2c1=O. The average molecular weight is 351 g/mol. The van der Waals surface area contributed by atoms with Gasteiger partial charge >= 0.3 is 5.63 Å². The molecule has 0 radical (unpaired) electrons. The minimum atomic E-state index is -0.682. The number of aromatic nitrogens is 2. The molecule has 1 N–H and O–H groups in total. The Morgan fingerprint density at radius 2 is 2.12 bits per heavy atom. The van der Waals surface area contributed by atoms with Gasteiger partial charge in [0.05, 0.1) is 6.20 Å². The number of rotatable bonds is 3. The Kier molecular flexibility index (Phi) is 3.91. The monoisotopic (exact) mass is 351 g/mol. The van der Waals surface area contributed by atoms with Gasteiger partial charge in [0, 0.05) is 12.1 Å². The van der Waals surface area contributed by atoms with E-state index in [1.54, 1.807) is 37.4 Å². The summed E-state index contributed by atoms with van der Waals surface area (Å²) in [7, 11) is 0. The van der Waals surface area contributed by atoms with Gasteiger partial charge in [-0.15, -0.1) is 0 Å². The summed E-state index contributed by atoms with van der Waals surface area (Å²) in [6, 6.07) is 6.88. The van der Waals surface area contributed by atoms with E-state index in [1.807, 2.05) is 0 Å². The number of pyridine rings is 1. The van der Waals surface area contributed by atoms with Gasteiger partial charge in [-0.1, -0.05) is 12.5 Å². The molecule has 1 aliphatic carbocycles. The number of hydrogen-bond acceptors (Lipinski definition) is 5. The van der Waals surface area contributed by atoms with Crippen molar-refractivity contribution in [1.82, 2.24) is 9.38 Å². The Morgan fingerprint density at radius 1 is 1.31 bits per heavy atom. The molecule has 132 valence electrons. The van der Waals surface area contributed by atoms with E-state index in [0.717, 1.165) is 19.3 Å². The number of carbonyl (C=O) groups is 1. The summed E-state index contributed by atoms with van der Waals surface area (Å²) in [5.41, 5.74) is -0.188. The molecule has 1 aliphatic rings.